The molecule has 0 amide bonds. The van der Waals surface area contributed by atoms with Crippen molar-refractivity contribution in [3.63, 3.8) is 0 Å². The molecule has 0 saturated carbocycles. The molecule has 90 valence electrons. The summed E-state index contributed by atoms with van der Waals surface area (Å²) in [7, 11) is 0. The molecule has 0 saturated heterocycles. The predicted octanol–water partition coefficient (Wildman–Crippen LogP) is 3.54. The fraction of sp³-hybridized carbons (Fsp3) is 0.538. The summed E-state index contributed by atoms with van der Waals surface area (Å²) >= 11 is 5.86. The summed E-state index contributed by atoms with van der Waals surface area (Å²) in [4.78, 5) is 0. The topological polar surface area (TPSA) is 35.2 Å². The zero-order valence-electron chi connectivity index (χ0n) is 10.3. The van der Waals surface area contributed by atoms with E-state index in [1.165, 1.54) is 0 Å². The van der Waals surface area contributed by atoms with Gasteiger partial charge in [0, 0.05) is 11.1 Å². The lowest BCUT2D eigenvalue weighted by Gasteiger charge is -2.30. The van der Waals surface area contributed by atoms with Gasteiger partial charge < -0.3 is 10.5 Å². The highest BCUT2D eigenvalue weighted by Gasteiger charge is 2.23. The standard InChI is InChI=1S/C13H20ClNO/c1-9(15)12(16-13(2,3)4)10-5-7-11(14)8-6-10/h5-9,12H,15H2,1-4H3. The summed E-state index contributed by atoms with van der Waals surface area (Å²) < 4.78 is 5.96. The lowest BCUT2D eigenvalue weighted by Crippen LogP contribution is -2.33. The summed E-state index contributed by atoms with van der Waals surface area (Å²) in [5, 5.41) is 0.725. The van der Waals surface area contributed by atoms with E-state index in [0.717, 1.165) is 10.6 Å². The molecule has 0 fully saturated rings. The highest BCUT2D eigenvalue weighted by molar-refractivity contribution is 6.30. The van der Waals surface area contributed by atoms with Crippen molar-refractivity contribution >= 4 is 11.6 Å². The van der Waals surface area contributed by atoms with Crippen LogP contribution in [0.2, 0.25) is 5.02 Å². The minimum atomic E-state index is -0.210. The first-order valence-electron chi connectivity index (χ1n) is 5.48. The van der Waals surface area contributed by atoms with E-state index in [1.54, 1.807) is 0 Å². The van der Waals surface area contributed by atoms with E-state index in [4.69, 9.17) is 22.1 Å². The van der Waals surface area contributed by atoms with E-state index in [0.29, 0.717) is 0 Å². The van der Waals surface area contributed by atoms with Gasteiger partial charge in [-0.15, -0.1) is 0 Å². The van der Waals surface area contributed by atoms with Crippen LogP contribution in [0.1, 0.15) is 39.4 Å². The molecule has 16 heavy (non-hydrogen) atoms. The van der Waals surface area contributed by atoms with Gasteiger partial charge in [-0.1, -0.05) is 23.7 Å². The first-order chi connectivity index (χ1) is 7.29. The van der Waals surface area contributed by atoms with Crippen molar-refractivity contribution in [3.05, 3.63) is 34.9 Å². The molecule has 0 bridgehead atoms. The van der Waals surface area contributed by atoms with Crippen molar-refractivity contribution in [2.45, 2.75) is 45.4 Å². The van der Waals surface area contributed by atoms with Crippen LogP contribution in [0.3, 0.4) is 0 Å². The average molecular weight is 242 g/mol. The van der Waals surface area contributed by atoms with Crippen molar-refractivity contribution < 1.29 is 4.74 Å². The third kappa shape index (κ3) is 4.12. The number of ether oxygens (including phenoxy) is 1. The molecule has 0 radical (unpaired) electrons. The Morgan fingerprint density at radius 1 is 1.19 bits per heavy atom. The maximum Gasteiger partial charge on any atom is 0.0980 e. The highest BCUT2D eigenvalue weighted by atomic mass is 35.5. The highest BCUT2D eigenvalue weighted by Crippen LogP contribution is 2.27. The summed E-state index contributed by atoms with van der Waals surface area (Å²) in [6.45, 7) is 8.03. The van der Waals surface area contributed by atoms with Crippen LogP contribution >= 0.6 is 11.6 Å². The molecule has 0 aliphatic carbocycles. The zero-order chi connectivity index (χ0) is 12.3. The quantitative estimate of drug-likeness (QED) is 0.879. The van der Waals surface area contributed by atoms with Gasteiger partial charge in [0.2, 0.25) is 0 Å². The molecular weight excluding hydrogens is 222 g/mol. The Labute approximate surface area is 103 Å². The minimum Gasteiger partial charge on any atom is -0.366 e. The smallest absolute Gasteiger partial charge is 0.0980 e. The first kappa shape index (κ1) is 13.5. The SMILES string of the molecule is CC(N)C(OC(C)(C)C)c1ccc(Cl)cc1. The Hall–Kier alpha value is -0.570. The Kier molecular flexibility index (Phi) is 4.36. The number of nitrogens with two attached hydrogens (primary N) is 1. The van der Waals surface area contributed by atoms with Crippen molar-refractivity contribution in [2.24, 2.45) is 5.73 Å². The van der Waals surface area contributed by atoms with Gasteiger partial charge in [-0.2, -0.15) is 0 Å². The van der Waals surface area contributed by atoms with Crippen molar-refractivity contribution in [2.75, 3.05) is 0 Å². The van der Waals surface area contributed by atoms with Gasteiger partial charge in [0.25, 0.3) is 0 Å². The first-order valence-corrected chi connectivity index (χ1v) is 5.86. The van der Waals surface area contributed by atoms with Gasteiger partial charge in [-0.05, 0) is 45.4 Å². The van der Waals surface area contributed by atoms with Gasteiger partial charge in [-0.25, -0.2) is 0 Å². The molecule has 0 aromatic heterocycles. The Morgan fingerprint density at radius 3 is 2.06 bits per heavy atom. The molecule has 0 heterocycles. The monoisotopic (exact) mass is 241 g/mol. The van der Waals surface area contributed by atoms with E-state index < -0.39 is 0 Å². The van der Waals surface area contributed by atoms with E-state index in [1.807, 2.05) is 52.0 Å². The molecule has 1 aromatic carbocycles. The van der Waals surface area contributed by atoms with E-state index in [2.05, 4.69) is 0 Å². The van der Waals surface area contributed by atoms with E-state index in [-0.39, 0.29) is 17.7 Å². The van der Waals surface area contributed by atoms with Gasteiger partial charge >= 0.3 is 0 Å². The second-order valence-corrected chi connectivity index (χ2v) is 5.50. The van der Waals surface area contributed by atoms with Gasteiger partial charge in [0.1, 0.15) is 0 Å². The number of rotatable bonds is 3. The van der Waals surface area contributed by atoms with Gasteiger partial charge in [-0.3, -0.25) is 0 Å². The van der Waals surface area contributed by atoms with Crippen LogP contribution < -0.4 is 5.73 Å². The maximum absolute atomic E-state index is 5.96. The zero-order valence-corrected chi connectivity index (χ0v) is 11.1. The molecule has 0 aliphatic heterocycles. The molecule has 0 spiro atoms. The molecule has 2 nitrogen and oxygen atoms in total. The minimum absolute atomic E-state index is 0.0552. The third-order valence-corrected chi connectivity index (χ3v) is 2.41. The van der Waals surface area contributed by atoms with Crippen molar-refractivity contribution in [1.82, 2.24) is 0 Å². The molecular formula is C13H20ClNO. The molecule has 1 aromatic rings. The fourth-order valence-corrected chi connectivity index (χ4v) is 1.64. The molecule has 2 unspecified atom stereocenters. The predicted molar refractivity (Wildman–Crippen MR) is 68.7 cm³/mol. The van der Waals surface area contributed by atoms with E-state index in [9.17, 15) is 0 Å². The fourth-order valence-electron chi connectivity index (χ4n) is 1.51. The van der Waals surface area contributed by atoms with Crippen LogP contribution in [0.15, 0.2) is 24.3 Å². The molecule has 2 N–H and O–H groups in total. The maximum atomic E-state index is 5.96. The lowest BCUT2D eigenvalue weighted by molar-refractivity contribution is -0.0701. The van der Waals surface area contributed by atoms with Crippen LogP contribution in [0, 0.1) is 0 Å². The van der Waals surface area contributed by atoms with Crippen molar-refractivity contribution in [3.8, 4) is 0 Å². The van der Waals surface area contributed by atoms with Crippen LogP contribution in [0.4, 0.5) is 0 Å². The molecule has 3 heteroatoms. The summed E-state index contributed by atoms with van der Waals surface area (Å²) in [5.41, 5.74) is 6.81. The largest absolute Gasteiger partial charge is 0.366 e. The Balaban J connectivity index is 2.90. The Bertz CT molecular complexity index is 327. The third-order valence-electron chi connectivity index (χ3n) is 2.16. The second-order valence-electron chi connectivity index (χ2n) is 5.06. The lowest BCUT2D eigenvalue weighted by atomic mass is 10.0. The number of halogens is 1. The number of benzene rings is 1. The van der Waals surface area contributed by atoms with Gasteiger partial charge in [0.05, 0.1) is 11.7 Å². The normalized spacial score (nSPS) is 15.9. The number of hydrogen-bond donors (Lipinski definition) is 1. The second kappa shape index (κ2) is 5.17. The Morgan fingerprint density at radius 2 is 1.69 bits per heavy atom. The summed E-state index contributed by atoms with van der Waals surface area (Å²) in [5.74, 6) is 0. The van der Waals surface area contributed by atoms with Crippen LogP contribution in [0.25, 0.3) is 0 Å². The molecule has 1 rings (SSSR count). The number of hydrogen-bond acceptors (Lipinski definition) is 2. The van der Waals surface area contributed by atoms with Crippen LogP contribution in [-0.2, 0) is 4.74 Å². The van der Waals surface area contributed by atoms with Crippen molar-refractivity contribution in [1.29, 1.82) is 0 Å². The van der Waals surface area contributed by atoms with Crippen LogP contribution in [0.5, 0.6) is 0 Å². The van der Waals surface area contributed by atoms with Gasteiger partial charge in [0.15, 0.2) is 0 Å². The molecule has 2 atom stereocenters. The average Bonchev–Trinajstić information content (AvgIpc) is 2.14. The van der Waals surface area contributed by atoms with Crippen LogP contribution in [-0.4, -0.2) is 11.6 Å². The summed E-state index contributed by atoms with van der Waals surface area (Å²) in [6.07, 6.45) is -0.0998. The van der Waals surface area contributed by atoms with E-state index >= 15 is 0 Å². The summed E-state index contributed by atoms with van der Waals surface area (Å²) in [6, 6.07) is 7.58. The molecule has 0 aliphatic rings.